The molecule has 0 spiro atoms. The van der Waals surface area contributed by atoms with Gasteiger partial charge in [0, 0.05) is 18.3 Å². The Morgan fingerprint density at radius 1 is 1.05 bits per heavy atom. The van der Waals surface area contributed by atoms with Gasteiger partial charge >= 0.3 is 0 Å². The second-order valence-electron chi connectivity index (χ2n) is 4.95. The molecule has 1 unspecified atom stereocenters. The number of methoxy groups -OCH3 is 2. The van der Waals surface area contributed by atoms with E-state index in [4.69, 9.17) is 9.47 Å². The first-order valence-electron chi connectivity index (χ1n) is 7.04. The molecular weight excluding hydrogens is 264 g/mol. The van der Waals surface area contributed by atoms with Crippen LogP contribution in [0.1, 0.15) is 11.1 Å². The minimum Gasteiger partial charge on any atom is -0.497 e. The lowest BCUT2D eigenvalue weighted by Crippen LogP contribution is -2.29. The summed E-state index contributed by atoms with van der Waals surface area (Å²) in [6.45, 7) is 0. The van der Waals surface area contributed by atoms with E-state index in [1.807, 2.05) is 31.4 Å². The minimum absolute atomic E-state index is 0.354. The predicted octanol–water partition coefficient (Wildman–Crippen LogP) is 2.47. The first-order chi connectivity index (χ1) is 10.2. The second-order valence-corrected chi connectivity index (χ2v) is 4.95. The van der Waals surface area contributed by atoms with Crippen molar-refractivity contribution in [2.24, 2.45) is 0 Å². The SMILES string of the molecule is CNC(Cc1ccc(OC)nc1)Cc1cccc(OC)c1. The van der Waals surface area contributed by atoms with Gasteiger partial charge < -0.3 is 14.8 Å². The molecule has 0 aliphatic heterocycles. The Morgan fingerprint density at radius 3 is 2.48 bits per heavy atom. The standard InChI is InChI=1S/C17H22N2O2/c1-18-15(9-13-5-4-6-16(11-13)20-2)10-14-7-8-17(21-3)19-12-14/h4-8,11-12,15,18H,9-10H2,1-3H3. The maximum Gasteiger partial charge on any atom is 0.212 e. The van der Waals surface area contributed by atoms with Crippen LogP contribution in [0.15, 0.2) is 42.6 Å². The van der Waals surface area contributed by atoms with E-state index in [2.05, 4.69) is 28.5 Å². The van der Waals surface area contributed by atoms with Crippen molar-refractivity contribution in [3.63, 3.8) is 0 Å². The van der Waals surface area contributed by atoms with Gasteiger partial charge in [-0.1, -0.05) is 18.2 Å². The van der Waals surface area contributed by atoms with Crippen molar-refractivity contribution in [2.45, 2.75) is 18.9 Å². The number of rotatable bonds is 7. The number of hydrogen-bond donors (Lipinski definition) is 1. The third-order valence-corrected chi connectivity index (χ3v) is 3.51. The number of benzene rings is 1. The van der Waals surface area contributed by atoms with Crippen molar-refractivity contribution in [1.29, 1.82) is 0 Å². The molecule has 1 aromatic heterocycles. The van der Waals surface area contributed by atoms with Crippen LogP contribution < -0.4 is 14.8 Å². The summed E-state index contributed by atoms with van der Waals surface area (Å²) < 4.78 is 10.4. The highest BCUT2D eigenvalue weighted by atomic mass is 16.5. The number of pyridine rings is 1. The number of aromatic nitrogens is 1. The molecule has 2 rings (SSSR count). The lowest BCUT2D eigenvalue weighted by molar-refractivity contribution is 0.397. The van der Waals surface area contributed by atoms with Crippen LogP contribution in [-0.2, 0) is 12.8 Å². The molecule has 0 radical (unpaired) electrons. The van der Waals surface area contributed by atoms with Crippen LogP contribution in [0.2, 0.25) is 0 Å². The van der Waals surface area contributed by atoms with Gasteiger partial charge in [0.25, 0.3) is 0 Å². The second kappa shape index (κ2) is 7.64. The van der Waals surface area contributed by atoms with Gasteiger partial charge in [-0.2, -0.15) is 0 Å². The first kappa shape index (κ1) is 15.3. The van der Waals surface area contributed by atoms with E-state index in [-0.39, 0.29) is 0 Å². The molecule has 4 heteroatoms. The third-order valence-electron chi connectivity index (χ3n) is 3.51. The van der Waals surface area contributed by atoms with Crippen LogP contribution in [0.25, 0.3) is 0 Å². The van der Waals surface area contributed by atoms with Crippen LogP contribution in [0.5, 0.6) is 11.6 Å². The molecule has 0 saturated carbocycles. The quantitative estimate of drug-likeness (QED) is 0.849. The van der Waals surface area contributed by atoms with Crippen molar-refractivity contribution in [3.05, 3.63) is 53.7 Å². The molecule has 1 atom stereocenters. The zero-order valence-corrected chi connectivity index (χ0v) is 12.8. The van der Waals surface area contributed by atoms with Gasteiger partial charge in [0.1, 0.15) is 5.75 Å². The Morgan fingerprint density at radius 2 is 1.86 bits per heavy atom. The fraction of sp³-hybridized carbons (Fsp3) is 0.353. The van der Waals surface area contributed by atoms with E-state index in [0.29, 0.717) is 11.9 Å². The molecular formula is C17H22N2O2. The van der Waals surface area contributed by atoms with Gasteiger partial charge in [0.05, 0.1) is 14.2 Å². The van der Waals surface area contributed by atoms with E-state index < -0.39 is 0 Å². The summed E-state index contributed by atoms with van der Waals surface area (Å²) in [5, 5.41) is 3.37. The summed E-state index contributed by atoms with van der Waals surface area (Å²) in [5.74, 6) is 1.54. The zero-order chi connectivity index (χ0) is 15.1. The highest BCUT2D eigenvalue weighted by molar-refractivity contribution is 5.29. The van der Waals surface area contributed by atoms with Crippen LogP contribution in [0.3, 0.4) is 0 Å². The van der Waals surface area contributed by atoms with Gasteiger partial charge in [-0.3, -0.25) is 0 Å². The summed E-state index contributed by atoms with van der Waals surface area (Å²) >= 11 is 0. The van der Waals surface area contributed by atoms with Gasteiger partial charge in [0.15, 0.2) is 0 Å². The van der Waals surface area contributed by atoms with E-state index in [0.717, 1.165) is 18.6 Å². The number of hydrogen-bond acceptors (Lipinski definition) is 4. The lowest BCUT2D eigenvalue weighted by atomic mass is 10.00. The zero-order valence-electron chi connectivity index (χ0n) is 12.8. The molecule has 0 aliphatic carbocycles. The molecule has 0 amide bonds. The smallest absolute Gasteiger partial charge is 0.212 e. The first-order valence-corrected chi connectivity index (χ1v) is 7.04. The predicted molar refractivity (Wildman–Crippen MR) is 84.0 cm³/mol. The molecule has 2 aromatic rings. The van der Waals surface area contributed by atoms with E-state index in [9.17, 15) is 0 Å². The Bertz CT molecular complexity index is 555. The molecule has 21 heavy (non-hydrogen) atoms. The maximum atomic E-state index is 5.27. The maximum absolute atomic E-state index is 5.27. The Kier molecular flexibility index (Phi) is 5.58. The summed E-state index contributed by atoms with van der Waals surface area (Å²) in [6, 6.07) is 12.5. The van der Waals surface area contributed by atoms with Crippen LogP contribution in [0, 0.1) is 0 Å². The summed E-state index contributed by atoms with van der Waals surface area (Å²) in [4.78, 5) is 4.25. The highest BCUT2D eigenvalue weighted by Crippen LogP contribution is 2.16. The largest absolute Gasteiger partial charge is 0.497 e. The van der Waals surface area contributed by atoms with E-state index in [1.54, 1.807) is 14.2 Å². The average Bonchev–Trinajstić information content (AvgIpc) is 2.55. The lowest BCUT2D eigenvalue weighted by Gasteiger charge is -2.16. The van der Waals surface area contributed by atoms with E-state index >= 15 is 0 Å². The summed E-state index contributed by atoms with van der Waals surface area (Å²) in [6.07, 6.45) is 3.74. The van der Waals surface area contributed by atoms with Gasteiger partial charge in [-0.15, -0.1) is 0 Å². The molecule has 1 aromatic carbocycles. The van der Waals surface area contributed by atoms with Crippen LogP contribution in [0.4, 0.5) is 0 Å². The molecule has 1 heterocycles. The fourth-order valence-corrected chi connectivity index (χ4v) is 2.30. The number of nitrogens with one attached hydrogen (secondary N) is 1. The summed E-state index contributed by atoms with van der Waals surface area (Å²) in [5.41, 5.74) is 2.45. The molecule has 0 aliphatic rings. The molecule has 112 valence electrons. The number of likely N-dealkylation sites (N-methyl/N-ethyl adjacent to an activating group) is 1. The molecule has 1 N–H and O–H groups in total. The molecule has 4 nitrogen and oxygen atoms in total. The monoisotopic (exact) mass is 286 g/mol. The van der Waals surface area contributed by atoms with E-state index in [1.165, 1.54) is 11.1 Å². The summed E-state index contributed by atoms with van der Waals surface area (Å²) in [7, 11) is 5.31. The van der Waals surface area contributed by atoms with Gasteiger partial charge in [-0.25, -0.2) is 4.98 Å². The topological polar surface area (TPSA) is 43.4 Å². The third kappa shape index (κ3) is 4.46. The number of ether oxygens (including phenoxy) is 2. The Hall–Kier alpha value is -2.07. The normalized spacial score (nSPS) is 12.0. The Balaban J connectivity index is 2.01. The van der Waals surface area contributed by atoms with Crippen molar-refractivity contribution in [3.8, 4) is 11.6 Å². The Labute approximate surface area is 126 Å². The van der Waals surface area contributed by atoms with Crippen molar-refractivity contribution in [2.75, 3.05) is 21.3 Å². The fourth-order valence-electron chi connectivity index (χ4n) is 2.30. The van der Waals surface area contributed by atoms with Crippen molar-refractivity contribution in [1.82, 2.24) is 10.3 Å². The van der Waals surface area contributed by atoms with Crippen LogP contribution in [-0.4, -0.2) is 32.3 Å². The van der Waals surface area contributed by atoms with Gasteiger partial charge in [-0.05, 0) is 43.1 Å². The highest BCUT2D eigenvalue weighted by Gasteiger charge is 2.09. The van der Waals surface area contributed by atoms with Crippen molar-refractivity contribution >= 4 is 0 Å². The molecule has 0 fully saturated rings. The minimum atomic E-state index is 0.354. The van der Waals surface area contributed by atoms with Crippen LogP contribution >= 0.6 is 0 Å². The molecule has 0 bridgehead atoms. The average molecular weight is 286 g/mol. The number of nitrogens with zero attached hydrogens (tertiary/aromatic N) is 1. The molecule has 0 saturated heterocycles. The van der Waals surface area contributed by atoms with Gasteiger partial charge in [0.2, 0.25) is 5.88 Å². The van der Waals surface area contributed by atoms with Crippen molar-refractivity contribution < 1.29 is 9.47 Å².